The minimum absolute atomic E-state index is 0.109. The first-order chi connectivity index (χ1) is 12.2. The summed E-state index contributed by atoms with van der Waals surface area (Å²) in [6, 6.07) is 1.83. The number of ether oxygens (including phenoxy) is 1. The van der Waals surface area contributed by atoms with Gasteiger partial charge in [-0.3, -0.25) is 9.69 Å². The van der Waals surface area contributed by atoms with Gasteiger partial charge in [-0.25, -0.2) is 4.79 Å². The van der Waals surface area contributed by atoms with Crippen LogP contribution in [-0.4, -0.2) is 58.8 Å². The van der Waals surface area contributed by atoms with Gasteiger partial charge in [-0.1, -0.05) is 0 Å². The molecular weight excluding hydrogens is 332 g/mol. The van der Waals surface area contributed by atoms with Gasteiger partial charge in [-0.15, -0.1) is 0 Å². The number of nitrogens with two attached hydrogens (primary N) is 1. The molecule has 0 radical (unpaired) electrons. The summed E-state index contributed by atoms with van der Waals surface area (Å²) in [4.78, 5) is 28.4. The minimum Gasteiger partial charge on any atom is -0.444 e. The van der Waals surface area contributed by atoms with Crippen molar-refractivity contribution in [2.24, 2.45) is 0 Å². The quantitative estimate of drug-likeness (QED) is 0.884. The first-order valence-electron chi connectivity index (χ1n) is 9.43. The van der Waals surface area contributed by atoms with Crippen LogP contribution in [0.2, 0.25) is 0 Å². The highest BCUT2D eigenvalue weighted by atomic mass is 16.6. The van der Waals surface area contributed by atoms with Crippen LogP contribution in [0.25, 0.3) is 0 Å². The number of aromatic nitrogens is 1. The molecule has 1 aliphatic carbocycles. The van der Waals surface area contributed by atoms with Crippen LogP contribution in [0, 0.1) is 0 Å². The molecule has 3 rings (SSSR count). The van der Waals surface area contributed by atoms with Gasteiger partial charge in [0.25, 0.3) is 5.56 Å². The van der Waals surface area contributed by atoms with Crippen molar-refractivity contribution in [2.75, 3.05) is 38.5 Å². The maximum absolute atomic E-state index is 12.3. The van der Waals surface area contributed by atoms with Gasteiger partial charge in [0, 0.05) is 45.5 Å². The van der Waals surface area contributed by atoms with Crippen LogP contribution in [0.5, 0.6) is 0 Å². The predicted molar refractivity (Wildman–Crippen MR) is 101 cm³/mol. The standard InChI is InChI=1S/C19H30N4O3/c1-19(2,3)26-18(25)22-9-6-21(7-10-22)8-11-23-13-15(14-4-5-14)12-16(20)17(23)24/h12-14H,4-11,20H2,1-3H3. The first-order valence-corrected chi connectivity index (χ1v) is 9.43. The van der Waals surface area contributed by atoms with Gasteiger partial charge in [-0.05, 0) is 51.2 Å². The second-order valence-electron chi connectivity index (χ2n) is 8.31. The average Bonchev–Trinajstić information content (AvgIpc) is 3.40. The molecule has 0 unspecified atom stereocenters. The lowest BCUT2D eigenvalue weighted by atomic mass is 10.2. The summed E-state index contributed by atoms with van der Waals surface area (Å²) in [5.74, 6) is 0.571. The van der Waals surface area contributed by atoms with Crippen LogP contribution in [-0.2, 0) is 11.3 Å². The van der Waals surface area contributed by atoms with E-state index in [-0.39, 0.29) is 11.7 Å². The Morgan fingerprint density at radius 2 is 1.85 bits per heavy atom. The summed E-state index contributed by atoms with van der Waals surface area (Å²) in [5.41, 5.74) is 6.83. The normalized spacial score (nSPS) is 18.8. The number of pyridine rings is 1. The average molecular weight is 362 g/mol. The maximum atomic E-state index is 12.3. The van der Waals surface area contributed by atoms with Crippen LogP contribution >= 0.6 is 0 Å². The number of nitrogens with zero attached hydrogens (tertiary/aromatic N) is 3. The lowest BCUT2D eigenvalue weighted by Crippen LogP contribution is -2.50. The van der Waals surface area contributed by atoms with Gasteiger partial charge >= 0.3 is 6.09 Å². The Labute approximate surface area is 154 Å². The number of piperazine rings is 1. The zero-order valence-electron chi connectivity index (χ0n) is 16.0. The van der Waals surface area contributed by atoms with Crippen LogP contribution in [0.4, 0.5) is 10.5 Å². The van der Waals surface area contributed by atoms with Crippen LogP contribution in [0.15, 0.2) is 17.1 Å². The monoisotopic (exact) mass is 362 g/mol. The summed E-state index contributed by atoms with van der Waals surface area (Å²) in [6.07, 6.45) is 4.08. The molecule has 1 aromatic rings. The van der Waals surface area contributed by atoms with E-state index in [1.165, 1.54) is 18.4 Å². The van der Waals surface area contributed by atoms with Crippen LogP contribution in [0.1, 0.15) is 45.1 Å². The number of carbonyl (C=O) groups excluding carboxylic acids is 1. The van der Waals surface area contributed by atoms with Crippen molar-refractivity contribution in [1.29, 1.82) is 0 Å². The van der Waals surface area contributed by atoms with Gasteiger partial charge in [0.15, 0.2) is 0 Å². The molecule has 0 bridgehead atoms. The molecule has 7 heteroatoms. The van der Waals surface area contributed by atoms with Crippen molar-refractivity contribution in [3.05, 3.63) is 28.2 Å². The van der Waals surface area contributed by atoms with Crippen LogP contribution in [0.3, 0.4) is 0 Å². The van der Waals surface area contributed by atoms with Gasteiger partial charge in [0.1, 0.15) is 5.60 Å². The maximum Gasteiger partial charge on any atom is 0.410 e. The molecule has 2 N–H and O–H groups in total. The van der Waals surface area contributed by atoms with E-state index in [0.29, 0.717) is 31.2 Å². The van der Waals surface area contributed by atoms with E-state index in [9.17, 15) is 9.59 Å². The van der Waals surface area contributed by atoms with E-state index < -0.39 is 5.60 Å². The molecule has 0 spiro atoms. The first kappa shape index (κ1) is 18.8. The largest absolute Gasteiger partial charge is 0.444 e. The highest BCUT2D eigenvalue weighted by Crippen LogP contribution is 2.39. The summed E-state index contributed by atoms with van der Waals surface area (Å²) >= 11 is 0. The summed E-state index contributed by atoms with van der Waals surface area (Å²) in [5, 5.41) is 0. The molecule has 2 fully saturated rings. The van der Waals surface area contributed by atoms with E-state index in [1.807, 2.05) is 33.0 Å². The van der Waals surface area contributed by atoms with Crippen molar-refractivity contribution >= 4 is 11.8 Å². The number of hydrogen-bond acceptors (Lipinski definition) is 5. The van der Waals surface area contributed by atoms with Gasteiger partial charge < -0.3 is 19.9 Å². The predicted octanol–water partition coefficient (Wildman–Crippen LogP) is 1.86. The molecule has 144 valence electrons. The Hall–Kier alpha value is -2.02. The Morgan fingerprint density at radius 1 is 1.19 bits per heavy atom. The fourth-order valence-corrected chi connectivity index (χ4v) is 3.22. The van der Waals surface area contributed by atoms with Gasteiger partial charge in [0.2, 0.25) is 0 Å². The summed E-state index contributed by atoms with van der Waals surface area (Å²) in [7, 11) is 0. The number of carbonyl (C=O) groups is 1. The lowest BCUT2D eigenvalue weighted by Gasteiger charge is -2.35. The van der Waals surface area contributed by atoms with Gasteiger partial charge in [0.05, 0.1) is 5.69 Å². The Balaban J connectivity index is 1.51. The minimum atomic E-state index is -0.470. The topological polar surface area (TPSA) is 80.8 Å². The summed E-state index contributed by atoms with van der Waals surface area (Å²) in [6.45, 7) is 9.88. The van der Waals surface area contributed by atoms with E-state index in [1.54, 1.807) is 9.47 Å². The molecule has 7 nitrogen and oxygen atoms in total. The Bertz CT molecular complexity index is 710. The van der Waals surface area contributed by atoms with E-state index in [2.05, 4.69) is 4.90 Å². The molecule has 2 aliphatic rings. The van der Waals surface area contributed by atoms with Crippen molar-refractivity contribution in [2.45, 2.75) is 51.7 Å². The fourth-order valence-electron chi connectivity index (χ4n) is 3.22. The second kappa shape index (κ2) is 7.31. The highest BCUT2D eigenvalue weighted by molar-refractivity contribution is 5.68. The van der Waals surface area contributed by atoms with Crippen molar-refractivity contribution < 1.29 is 9.53 Å². The van der Waals surface area contributed by atoms with E-state index >= 15 is 0 Å². The highest BCUT2D eigenvalue weighted by Gasteiger charge is 2.27. The number of anilines is 1. The number of hydrogen-bond donors (Lipinski definition) is 1. The molecule has 2 heterocycles. The SMILES string of the molecule is CC(C)(C)OC(=O)N1CCN(CCn2cc(C3CC3)cc(N)c2=O)CC1. The van der Waals surface area contributed by atoms with Gasteiger partial charge in [-0.2, -0.15) is 0 Å². The van der Waals surface area contributed by atoms with Crippen molar-refractivity contribution in [3.8, 4) is 0 Å². The molecule has 26 heavy (non-hydrogen) atoms. The fraction of sp³-hybridized carbons (Fsp3) is 0.684. The molecule has 1 saturated carbocycles. The van der Waals surface area contributed by atoms with E-state index in [0.717, 1.165) is 19.6 Å². The number of nitrogen functional groups attached to an aromatic ring is 1. The third kappa shape index (κ3) is 4.78. The molecule has 1 amide bonds. The van der Waals surface area contributed by atoms with Crippen molar-refractivity contribution in [1.82, 2.24) is 14.4 Å². The Morgan fingerprint density at radius 3 is 2.42 bits per heavy atom. The smallest absolute Gasteiger partial charge is 0.410 e. The molecule has 1 saturated heterocycles. The number of rotatable bonds is 4. The third-order valence-electron chi connectivity index (χ3n) is 4.86. The third-order valence-corrected chi connectivity index (χ3v) is 4.86. The molecule has 0 atom stereocenters. The molecule has 0 aromatic carbocycles. The molecule has 1 aromatic heterocycles. The zero-order chi connectivity index (χ0) is 18.9. The zero-order valence-corrected chi connectivity index (χ0v) is 16.0. The second-order valence-corrected chi connectivity index (χ2v) is 8.31. The van der Waals surface area contributed by atoms with Crippen molar-refractivity contribution in [3.63, 3.8) is 0 Å². The van der Waals surface area contributed by atoms with Crippen LogP contribution < -0.4 is 11.3 Å². The Kier molecular flexibility index (Phi) is 5.27. The van der Waals surface area contributed by atoms with E-state index in [4.69, 9.17) is 10.5 Å². The molecular formula is C19H30N4O3. The summed E-state index contributed by atoms with van der Waals surface area (Å²) < 4.78 is 7.16. The molecule has 1 aliphatic heterocycles. The lowest BCUT2D eigenvalue weighted by molar-refractivity contribution is 0.0143. The number of amides is 1.